The molecule has 0 radical (unpaired) electrons. The van der Waals surface area contributed by atoms with Crippen molar-refractivity contribution in [1.29, 1.82) is 0 Å². The molecule has 0 saturated carbocycles. The van der Waals surface area contributed by atoms with Crippen molar-refractivity contribution in [2.75, 3.05) is 0 Å². The number of halogens is 4. The van der Waals surface area contributed by atoms with E-state index in [1.54, 1.807) is 27.7 Å². The largest absolute Gasteiger partial charge is 0.444 e. The Morgan fingerprint density at radius 3 is 2.29 bits per heavy atom. The van der Waals surface area contributed by atoms with Crippen LogP contribution in [0.5, 0.6) is 0 Å². The Bertz CT molecular complexity index is 994. The van der Waals surface area contributed by atoms with Crippen LogP contribution in [0, 0.1) is 6.92 Å². The molecule has 0 saturated heterocycles. The highest BCUT2D eigenvalue weighted by Crippen LogP contribution is 2.36. The van der Waals surface area contributed by atoms with Crippen LogP contribution in [0.4, 0.5) is 18.0 Å². The Kier molecular flexibility index (Phi) is 7.10. The van der Waals surface area contributed by atoms with E-state index < -0.39 is 34.9 Å². The summed E-state index contributed by atoms with van der Waals surface area (Å²) in [6.45, 7) is 10.9. The van der Waals surface area contributed by atoms with E-state index in [0.29, 0.717) is 17.0 Å². The van der Waals surface area contributed by atoms with Crippen LogP contribution in [-0.4, -0.2) is 32.3 Å². The van der Waals surface area contributed by atoms with Gasteiger partial charge in [0.25, 0.3) is 5.91 Å². The Morgan fingerprint density at radius 1 is 1.13 bits per heavy atom. The molecule has 6 nitrogen and oxygen atoms in total. The molecule has 0 fully saturated rings. The second-order valence-electron chi connectivity index (χ2n) is 7.72. The van der Waals surface area contributed by atoms with E-state index in [1.165, 1.54) is 11.0 Å². The summed E-state index contributed by atoms with van der Waals surface area (Å²) >= 11 is 5.94. The fourth-order valence-electron chi connectivity index (χ4n) is 3.11. The minimum Gasteiger partial charge on any atom is -0.444 e. The zero-order valence-electron chi connectivity index (χ0n) is 18.2. The monoisotopic (exact) mass is 459 g/mol. The second-order valence-corrected chi connectivity index (χ2v) is 8.13. The lowest BCUT2D eigenvalue weighted by molar-refractivity contribution is -0.137. The fourth-order valence-corrected chi connectivity index (χ4v) is 3.37. The number of hydrogen-bond acceptors (Lipinski definition) is 4. The van der Waals surface area contributed by atoms with Gasteiger partial charge in [0.2, 0.25) is 0 Å². The lowest BCUT2D eigenvalue weighted by atomic mass is 10.1. The van der Waals surface area contributed by atoms with Crippen molar-refractivity contribution in [3.63, 3.8) is 0 Å². The topological polar surface area (TPSA) is 64.4 Å². The predicted octanol–water partition coefficient (Wildman–Crippen LogP) is 5.83. The molecule has 0 spiro atoms. The number of benzene rings is 1. The van der Waals surface area contributed by atoms with Gasteiger partial charge in [0, 0.05) is 5.56 Å². The summed E-state index contributed by atoms with van der Waals surface area (Å²) in [5.41, 5.74) is -1.14. The molecule has 0 atom stereocenters. The zero-order valence-corrected chi connectivity index (χ0v) is 19.0. The van der Waals surface area contributed by atoms with Gasteiger partial charge < -0.3 is 4.74 Å². The van der Waals surface area contributed by atoms with Crippen LogP contribution < -0.4 is 0 Å². The summed E-state index contributed by atoms with van der Waals surface area (Å²) in [6.07, 6.45) is -5.34. The lowest BCUT2D eigenvalue weighted by Gasteiger charge is -2.24. The van der Waals surface area contributed by atoms with Crippen molar-refractivity contribution in [2.24, 2.45) is 0 Å². The maximum absolute atomic E-state index is 13.4. The Morgan fingerprint density at radius 2 is 1.74 bits per heavy atom. The lowest BCUT2D eigenvalue weighted by Crippen LogP contribution is -2.34. The molecule has 1 aromatic carbocycles. The Balaban J connectivity index is 0.00000166. The zero-order chi connectivity index (χ0) is 23.7. The van der Waals surface area contributed by atoms with Gasteiger partial charge in [-0.15, -0.1) is 0 Å². The molecule has 2 heterocycles. The third-order valence-corrected chi connectivity index (χ3v) is 4.67. The number of alkyl halides is 3. The van der Waals surface area contributed by atoms with E-state index in [0.717, 1.165) is 16.8 Å². The molecule has 3 rings (SSSR count). The van der Waals surface area contributed by atoms with Crippen LogP contribution in [0.2, 0.25) is 5.02 Å². The van der Waals surface area contributed by atoms with Crippen LogP contribution in [0.15, 0.2) is 18.2 Å². The van der Waals surface area contributed by atoms with Gasteiger partial charge in [0.05, 0.1) is 40.6 Å². The molecule has 0 unspecified atom stereocenters. The van der Waals surface area contributed by atoms with Crippen molar-refractivity contribution >= 4 is 23.6 Å². The average molecular weight is 460 g/mol. The van der Waals surface area contributed by atoms with Crippen molar-refractivity contribution in [3.05, 3.63) is 51.3 Å². The van der Waals surface area contributed by atoms with E-state index >= 15 is 0 Å². The van der Waals surface area contributed by atoms with Gasteiger partial charge in [-0.3, -0.25) is 9.69 Å². The number of amides is 1. The van der Waals surface area contributed by atoms with Gasteiger partial charge in [-0.2, -0.15) is 23.0 Å². The first-order valence-corrected chi connectivity index (χ1v) is 10.1. The number of aromatic nitrogens is 2. The number of hydrogen-bond donors (Lipinski definition) is 0. The summed E-state index contributed by atoms with van der Waals surface area (Å²) in [4.78, 5) is 26.7. The molecule has 0 bridgehead atoms. The van der Waals surface area contributed by atoms with Gasteiger partial charge in [-0.1, -0.05) is 31.5 Å². The number of ether oxygens (including phenoxy) is 1. The molecule has 1 aliphatic rings. The standard InChI is InChI=1S/C19H19ClF3N3O3.C2H6/c1-10-11-8-25(17(28)29-18(2,3)4)9-14(11)26(24-10)16(27)15-12(19(21,22)23)6-5-7-13(15)20;1-2/h5-7H,8-9H2,1-4H3;1-2H3. The van der Waals surface area contributed by atoms with E-state index in [2.05, 4.69) is 5.10 Å². The predicted molar refractivity (Wildman–Crippen MR) is 110 cm³/mol. The third kappa shape index (κ3) is 5.20. The molecule has 1 amide bonds. The van der Waals surface area contributed by atoms with Gasteiger partial charge in [-0.25, -0.2) is 4.79 Å². The molecule has 0 N–H and O–H groups in total. The first kappa shape index (κ1) is 24.7. The molecular formula is C21H25ClF3N3O3. The van der Waals surface area contributed by atoms with Crippen molar-refractivity contribution < 1.29 is 27.5 Å². The molecule has 1 aliphatic heterocycles. The van der Waals surface area contributed by atoms with Crippen LogP contribution in [0.1, 0.15) is 67.5 Å². The molecule has 2 aromatic rings. The maximum Gasteiger partial charge on any atom is 0.417 e. The van der Waals surface area contributed by atoms with E-state index in [9.17, 15) is 22.8 Å². The number of fused-ring (bicyclic) bond motifs is 1. The number of carbonyl (C=O) groups excluding carboxylic acids is 2. The van der Waals surface area contributed by atoms with Crippen molar-refractivity contribution in [2.45, 2.75) is 66.4 Å². The molecular weight excluding hydrogens is 435 g/mol. The average Bonchev–Trinajstić information content (AvgIpc) is 3.21. The molecule has 1 aromatic heterocycles. The molecule has 10 heteroatoms. The minimum absolute atomic E-state index is 0.0113. The van der Waals surface area contributed by atoms with Gasteiger partial charge in [-0.05, 0) is 39.8 Å². The van der Waals surface area contributed by atoms with Crippen LogP contribution in [0.3, 0.4) is 0 Å². The molecule has 31 heavy (non-hydrogen) atoms. The summed E-state index contributed by atoms with van der Waals surface area (Å²) in [5.74, 6) is -1.00. The van der Waals surface area contributed by atoms with Crippen molar-refractivity contribution in [3.8, 4) is 0 Å². The van der Waals surface area contributed by atoms with Gasteiger partial charge >= 0.3 is 12.3 Å². The van der Waals surface area contributed by atoms with E-state index in [-0.39, 0.29) is 18.1 Å². The van der Waals surface area contributed by atoms with Crippen LogP contribution >= 0.6 is 11.6 Å². The quantitative estimate of drug-likeness (QED) is 0.538. The van der Waals surface area contributed by atoms with Gasteiger partial charge in [0.15, 0.2) is 0 Å². The molecule has 170 valence electrons. The van der Waals surface area contributed by atoms with E-state index in [1.807, 2.05) is 13.8 Å². The normalized spacial score (nSPS) is 13.4. The number of nitrogens with zero attached hydrogens (tertiary/aromatic N) is 3. The summed E-state index contributed by atoms with van der Waals surface area (Å²) in [6, 6.07) is 3.14. The minimum atomic E-state index is -4.76. The summed E-state index contributed by atoms with van der Waals surface area (Å²) in [5, 5.41) is 3.78. The Labute approximate surface area is 183 Å². The second kappa shape index (κ2) is 8.90. The van der Waals surface area contributed by atoms with Crippen molar-refractivity contribution in [1.82, 2.24) is 14.7 Å². The summed E-state index contributed by atoms with van der Waals surface area (Å²) < 4.78 is 46.4. The first-order valence-electron chi connectivity index (χ1n) is 9.75. The van der Waals surface area contributed by atoms with E-state index in [4.69, 9.17) is 16.3 Å². The third-order valence-electron chi connectivity index (χ3n) is 4.36. The number of aryl methyl sites for hydroxylation is 1. The first-order chi connectivity index (χ1) is 14.3. The van der Waals surface area contributed by atoms with Crippen LogP contribution in [-0.2, 0) is 24.0 Å². The SMILES string of the molecule is CC.Cc1nn(C(=O)c2c(Cl)cccc2C(F)(F)F)c2c1CN(C(=O)OC(C)(C)C)C2. The van der Waals surface area contributed by atoms with Crippen LogP contribution in [0.25, 0.3) is 0 Å². The Hall–Kier alpha value is -2.55. The molecule has 0 aliphatic carbocycles. The highest BCUT2D eigenvalue weighted by molar-refractivity contribution is 6.34. The highest BCUT2D eigenvalue weighted by Gasteiger charge is 2.39. The maximum atomic E-state index is 13.4. The number of rotatable bonds is 1. The smallest absolute Gasteiger partial charge is 0.417 e. The fraction of sp³-hybridized carbons (Fsp3) is 0.476. The summed E-state index contributed by atoms with van der Waals surface area (Å²) in [7, 11) is 0. The highest BCUT2D eigenvalue weighted by atomic mass is 35.5. The van der Waals surface area contributed by atoms with Gasteiger partial charge in [0.1, 0.15) is 5.60 Å². The number of carbonyl (C=O) groups is 2.